The molecule has 0 saturated carbocycles. The number of benzene rings is 2. The van der Waals surface area contributed by atoms with Gasteiger partial charge in [-0.2, -0.15) is 13.2 Å². The lowest BCUT2D eigenvalue weighted by molar-refractivity contribution is -0.147. The molecule has 0 spiro atoms. The maximum atomic E-state index is 13.5. The lowest BCUT2D eigenvalue weighted by atomic mass is 9.93. The van der Waals surface area contributed by atoms with Gasteiger partial charge < -0.3 is 0 Å². The van der Waals surface area contributed by atoms with E-state index in [4.69, 9.17) is 0 Å². The van der Waals surface area contributed by atoms with Crippen molar-refractivity contribution in [2.24, 2.45) is 0 Å². The minimum Gasteiger partial charge on any atom is -0.295 e. The first-order valence-electron chi connectivity index (χ1n) is 8.04. The number of Topliss-reactive ketones (excluding diaryl/α,β-unsaturated/α-hetero) is 1. The smallest absolute Gasteiger partial charge is 0.295 e. The molecule has 1 atom stereocenters. The number of carbonyl (C=O) groups is 2. The molecule has 3 rings (SSSR count). The highest BCUT2D eigenvalue weighted by molar-refractivity contribution is 6.14. The number of carbonyl (C=O) groups excluding carboxylic acids is 2. The molecule has 1 amide bonds. The van der Waals surface area contributed by atoms with E-state index in [-0.39, 0.29) is 16.8 Å². The normalized spacial score (nSPS) is 17.2. The maximum absolute atomic E-state index is 13.5. The van der Waals surface area contributed by atoms with Crippen molar-refractivity contribution in [3.63, 3.8) is 0 Å². The topological polar surface area (TPSA) is 37.4 Å². The first-order chi connectivity index (χ1) is 12.2. The highest BCUT2D eigenvalue weighted by atomic mass is 19.4. The van der Waals surface area contributed by atoms with Crippen molar-refractivity contribution in [3.8, 4) is 0 Å². The Morgan fingerprint density at radius 1 is 1.15 bits per heavy atom. The minimum atomic E-state index is -4.79. The van der Waals surface area contributed by atoms with E-state index in [9.17, 15) is 27.2 Å². The summed E-state index contributed by atoms with van der Waals surface area (Å²) >= 11 is 0. The van der Waals surface area contributed by atoms with Crippen molar-refractivity contribution in [2.75, 3.05) is 4.90 Å². The molecule has 1 aliphatic rings. The Bertz CT molecular complexity index is 859. The second-order valence-corrected chi connectivity index (χ2v) is 6.07. The minimum absolute atomic E-state index is 0.0704. The molecule has 0 saturated heterocycles. The Labute approximate surface area is 147 Å². The molecule has 0 radical (unpaired) electrons. The number of anilines is 1. The molecule has 2 aromatic carbocycles. The van der Waals surface area contributed by atoms with Crippen LogP contribution in [0.15, 0.2) is 42.5 Å². The van der Waals surface area contributed by atoms with Gasteiger partial charge in [0.2, 0.25) is 0 Å². The van der Waals surface area contributed by atoms with Gasteiger partial charge in [0.05, 0.1) is 5.69 Å². The van der Waals surface area contributed by atoms with Crippen molar-refractivity contribution in [2.45, 2.75) is 32.0 Å². The standard InChI is InChI=1S/C19H15F4NO2/c1-2-11-3-5-12(6-4-11)18(26)24-15-8-7-13(20)9-14(15)16(25)10-17(24)19(21,22)23/h3-9,17H,2,10H2,1H3. The number of ketones is 1. The lowest BCUT2D eigenvalue weighted by Gasteiger charge is -2.37. The summed E-state index contributed by atoms with van der Waals surface area (Å²) in [7, 11) is 0. The second-order valence-electron chi connectivity index (χ2n) is 6.07. The van der Waals surface area contributed by atoms with Gasteiger partial charge in [-0.1, -0.05) is 19.1 Å². The predicted octanol–water partition coefficient (Wildman–Crippen LogP) is 4.55. The molecular formula is C19H15F4NO2. The third-order valence-corrected chi connectivity index (χ3v) is 4.41. The summed E-state index contributed by atoms with van der Waals surface area (Å²) in [5.41, 5.74) is 0.560. The zero-order valence-electron chi connectivity index (χ0n) is 13.8. The summed E-state index contributed by atoms with van der Waals surface area (Å²) in [5.74, 6) is -2.47. The van der Waals surface area contributed by atoms with Crippen molar-refractivity contribution in [3.05, 3.63) is 65.0 Å². The van der Waals surface area contributed by atoms with E-state index in [0.29, 0.717) is 4.90 Å². The summed E-state index contributed by atoms with van der Waals surface area (Å²) in [6.45, 7) is 1.91. The van der Waals surface area contributed by atoms with Crippen molar-refractivity contribution >= 4 is 17.4 Å². The van der Waals surface area contributed by atoms with Crippen LogP contribution in [0.1, 0.15) is 39.6 Å². The molecule has 0 aliphatic carbocycles. The zero-order valence-corrected chi connectivity index (χ0v) is 13.8. The summed E-state index contributed by atoms with van der Waals surface area (Å²) in [4.78, 5) is 25.5. The SMILES string of the molecule is CCc1ccc(C(=O)N2c3ccc(F)cc3C(=O)CC2C(F)(F)F)cc1. The van der Waals surface area contributed by atoms with Gasteiger partial charge in [0.1, 0.15) is 11.9 Å². The summed E-state index contributed by atoms with van der Waals surface area (Å²) < 4.78 is 54.0. The van der Waals surface area contributed by atoms with Crippen molar-refractivity contribution < 1.29 is 27.2 Å². The molecule has 2 aromatic rings. The van der Waals surface area contributed by atoms with E-state index in [1.165, 1.54) is 12.1 Å². The molecule has 0 N–H and O–H groups in total. The summed E-state index contributed by atoms with van der Waals surface area (Å²) in [6, 6.07) is 6.79. The molecule has 3 nitrogen and oxygen atoms in total. The zero-order chi connectivity index (χ0) is 19.1. The van der Waals surface area contributed by atoms with Crippen LogP contribution in [0.3, 0.4) is 0 Å². The molecular weight excluding hydrogens is 350 g/mol. The van der Waals surface area contributed by atoms with Crippen LogP contribution in [0.25, 0.3) is 0 Å². The van der Waals surface area contributed by atoms with E-state index in [2.05, 4.69) is 0 Å². The monoisotopic (exact) mass is 365 g/mol. The number of alkyl halides is 3. The van der Waals surface area contributed by atoms with Gasteiger partial charge in [-0.3, -0.25) is 14.5 Å². The average molecular weight is 365 g/mol. The molecule has 1 aliphatic heterocycles. The molecule has 1 heterocycles. The lowest BCUT2D eigenvalue weighted by Crippen LogP contribution is -2.53. The average Bonchev–Trinajstić information content (AvgIpc) is 2.60. The molecule has 0 aromatic heterocycles. The van der Waals surface area contributed by atoms with Gasteiger partial charge in [0.15, 0.2) is 5.78 Å². The van der Waals surface area contributed by atoms with Crippen molar-refractivity contribution in [1.82, 2.24) is 0 Å². The van der Waals surface area contributed by atoms with Gasteiger partial charge in [0, 0.05) is 17.5 Å². The van der Waals surface area contributed by atoms with E-state index in [0.717, 1.165) is 30.2 Å². The molecule has 26 heavy (non-hydrogen) atoms. The Balaban J connectivity index is 2.11. The Hall–Kier alpha value is -2.70. The van der Waals surface area contributed by atoms with Gasteiger partial charge in [-0.15, -0.1) is 0 Å². The Morgan fingerprint density at radius 2 is 1.81 bits per heavy atom. The van der Waals surface area contributed by atoms with E-state index in [1.54, 1.807) is 12.1 Å². The van der Waals surface area contributed by atoms with E-state index >= 15 is 0 Å². The van der Waals surface area contributed by atoms with Crippen molar-refractivity contribution in [1.29, 1.82) is 0 Å². The van der Waals surface area contributed by atoms with Gasteiger partial charge >= 0.3 is 6.18 Å². The van der Waals surface area contributed by atoms with Crippen LogP contribution in [0.5, 0.6) is 0 Å². The number of amides is 1. The van der Waals surface area contributed by atoms with Crippen LogP contribution in [0.2, 0.25) is 0 Å². The third-order valence-electron chi connectivity index (χ3n) is 4.41. The number of halogens is 4. The fourth-order valence-corrected chi connectivity index (χ4v) is 3.02. The molecule has 7 heteroatoms. The number of hydrogen-bond donors (Lipinski definition) is 0. The molecule has 0 bridgehead atoms. The highest BCUT2D eigenvalue weighted by Gasteiger charge is 2.50. The number of nitrogens with zero attached hydrogens (tertiary/aromatic N) is 1. The summed E-state index contributed by atoms with van der Waals surface area (Å²) in [5, 5.41) is 0. The van der Waals surface area contributed by atoms with Crippen LogP contribution in [0, 0.1) is 5.82 Å². The van der Waals surface area contributed by atoms with Crippen LogP contribution in [0.4, 0.5) is 23.2 Å². The van der Waals surface area contributed by atoms with Gasteiger partial charge in [-0.05, 0) is 42.3 Å². The van der Waals surface area contributed by atoms with E-state index in [1.807, 2.05) is 6.92 Å². The third kappa shape index (κ3) is 3.21. The predicted molar refractivity (Wildman–Crippen MR) is 87.8 cm³/mol. The van der Waals surface area contributed by atoms with Gasteiger partial charge in [-0.25, -0.2) is 4.39 Å². The Morgan fingerprint density at radius 3 is 2.38 bits per heavy atom. The highest BCUT2D eigenvalue weighted by Crippen LogP contribution is 2.39. The quantitative estimate of drug-likeness (QED) is 0.732. The van der Waals surface area contributed by atoms with Crippen LogP contribution in [-0.2, 0) is 6.42 Å². The maximum Gasteiger partial charge on any atom is 0.409 e. The number of hydrogen-bond acceptors (Lipinski definition) is 2. The summed E-state index contributed by atoms with van der Waals surface area (Å²) in [6.07, 6.45) is -5.00. The number of fused-ring (bicyclic) bond motifs is 1. The fraction of sp³-hybridized carbons (Fsp3) is 0.263. The number of aryl methyl sites for hydroxylation is 1. The fourth-order valence-electron chi connectivity index (χ4n) is 3.02. The molecule has 0 fully saturated rings. The van der Waals surface area contributed by atoms with E-state index < -0.39 is 36.1 Å². The first kappa shape index (κ1) is 18.1. The Kier molecular flexibility index (Phi) is 4.56. The van der Waals surface area contributed by atoms with Crippen LogP contribution < -0.4 is 4.90 Å². The molecule has 136 valence electrons. The van der Waals surface area contributed by atoms with Gasteiger partial charge in [0.25, 0.3) is 5.91 Å². The largest absolute Gasteiger partial charge is 0.409 e. The van der Waals surface area contributed by atoms with Crippen LogP contribution >= 0.6 is 0 Å². The second kappa shape index (κ2) is 6.55. The van der Waals surface area contributed by atoms with Crippen LogP contribution in [-0.4, -0.2) is 23.9 Å². The first-order valence-corrected chi connectivity index (χ1v) is 8.04. The molecule has 1 unspecified atom stereocenters. The number of rotatable bonds is 2.